The second kappa shape index (κ2) is 23.0. The van der Waals surface area contributed by atoms with Crippen LogP contribution in [0.4, 0.5) is 5.69 Å². The van der Waals surface area contributed by atoms with Crippen molar-refractivity contribution in [3.63, 3.8) is 0 Å². The molecule has 118 valence electrons. The minimum Gasteiger partial charge on any atom is -0.388 e. The van der Waals surface area contributed by atoms with Crippen LogP contribution in [0.1, 0.15) is 33.3 Å². The zero-order valence-corrected chi connectivity index (χ0v) is 14.6. The molecule has 0 aromatic heterocycles. The number of para-hydroxylation sites is 1. The Morgan fingerprint density at radius 3 is 1.95 bits per heavy atom. The smallest absolute Gasteiger partial charge is 0.0410 e. The van der Waals surface area contributed by atoms with Crippen LogP contribution in [0.5, 0.6) is 0 Å². The molecule has 1 N–H and O–H groups in total. The molecule has 0 fully saturated rings. The lowest BCUT2D eigenvalue weighted by molar-refractivity contribution is 1.48. The molecular weight excluding hydrogens is 256 g/mol. The number of nitrogens with one attached hydrogen (secondary N) is 1. The standard InChI is InChI=1S/C9H11N.C6H9N.2C2H6/c1-3-8-6-4-5-7-9(8)10-2;1-3-4-5-6-7-2;2*1-2/h3-7,10H,1H2,2H3;3-6H,1H2,2H3;2*1-2H3/b;5-4-,7-6?;;. The van der Waals surface area contributed by atoms with Gasteiger partial charge in [-0.1, -0.05) is 77.3 Å². The molecule has 0 atom stereocenters. The average Bonchev–Trinajstić information content (AvgIpc) is 2.59. The lowest BCUT2D eigenvalue weighted by Crippen LogP contribution is -1.89. The normalized spacial score (nSPS) is 8.48. The Kier molecular flexibility index (Phi) is 26.3. The van der Waals surface area contributed by atoms with E-state index in [9.17, 15) is 0 Å². The number of aliphatic imine (C=N–C) groups is 1. The second-order valence-electron chi connectivity index (χ2n) is 3.07. The van der Waals surface area contributed by atoms with Gasteiger partial charge in [-0.2, -0.15) is 0 Å². The molecule has 1 rings (SSSR count). The summed E-state index contributed by atoms with van der Waals surface area (Å²) < 4.78 is 0. The molecule has 0 aliphatic rings. The van der Waals surface area contributed by atoms with Crippen LogP contribution < -0.4 is 5.32 Å². The molecule has 0 heterocycles. The number of hydrogen-bond acceptors (Lipinski definition) is 2. The van der Waals surface area contributed by atoms with E-state index in [2.05, 4.69) is 23.5 Å². The summed E-state index contributed by atoms with van der Waals surface area (Å²) in [6.45, 7) is 15.2. The van der Waals surface area contributed by atoms with Gasteiger partial charge in [0, 0.05) is 26.0 Å². The third kappa shape index (κ3) is 15.9. The molecule has 0 saturated heterocycles. The third-order valence-electron chi connectivity index (χ3n) is 1.93. The fourth-order valence-electron chi connectivity index (χ4n) is 1.12. The number of benzene rings is 1. The van der Waals surface area contributed by atoms with Crippen LogP contribution in [0.3, 0.4) is 0 Å². The Labute approximate surface area is 132 Å². The highest BCUT2D eigenvalue weighted by molar-refractivity contribution is 5.71. The van der Waals surface area contributed by atoms with E-state index in [1.165, 1.54) is 0 Å². The highest BCUT2D eigenvalue weighted by Crippen LogP contribution is 2.14. The van der Waals surface area contributed by atoms with E-state index in [4.69, 9.17) is 0 Å². The van der Waals surface area contributed by atoms with E-state index in [0.29, 0.717) is 0 Å². The van der Waals surface area contributed by atoms with Crippen molar-refractivity contribution < 1.29 is 0 Å². The second-order valence-corrected chi connectivity index (χ2v) is 3.07. The highest BCUT2D eigenvalue weighted by Gasteiger charge is 1.91. The van der Waals surface area contributed by atoms with Gasteiger partial charge in [0.15, 0.2) is 0 Å². The maximum atomic E-state index is 3.71. The van der Waals surface area contributed by atoms with Gasteiger partial charge in [-0.25, -0.2) is 0 Å². The summed E-state index contributed by atoms with van der Waals surface area (Å²) in [6.07, 6.45) is 8.91. The van der Waals surface area contributed by atoms with Gasteiger partial charge >= 0.3 is 0 Å². The molecule has 0 radical (unpaired) electrons. The first kappa shape index (κ1) is 24.0. The third-order valence-corrected chi connectivity index (χ3v) is 1.93. The Morgan fingerprint density at radius 1 is 1.00 bits per heavy atom. The lowest BCUT2D eigenvalue weighted by atomic mass is 10.2. The van der Waals surface area contributed by atoms with Gasteiger partial charge in [-0.3, -0.25) is 4.99 Å². The SMILES string of the molecule is C=C/C=C\C=NC.C=Cc1ccccc1NC.CC.CC. The first-order chi connectivity index (χ1) is 10.3. The van der Waals surface area contributed by atoms with Crippen LogP contribution in [0, 0.1) is 0 Å². The van der Waals surface area contributed by atoms with E-state index >= 15 is 0 Å². The number of nitrogens with zero attached hydrogens (tertiary/aromatic N) is 1. The minimum atomic E-state index is 1.12. The van der Waals surface area contributed by atoms with Crippen LogP contribution in [0.2, 0.25) is 0 Å². The summed E-state index contributed by atoms with van der Waals surface area (Å²) in [5.41, 5.74) is 2.27. The molecule has 0 unspecified atom stereocenters. The summed E-state index contributed by atoms with van der Waals surface area (Å²) in [4.78, 5) is 3.71. The largest absolute Gasteiger partial charge is 0.388 e. The van der Waals surface area contributed by atoms with Gasteiger partial charge < -0.3 is 5.32 Å². The molecule has 21 heavy (non-hydrogen) atoms. The molecule has 2 nitrogen and oxygen atoms in total. The van der Waals surface area contributed by atoms with Crippen molar-refractivity contribution in [2.45, 2.75) is 27.7 Å². The maximum absolute atomic E-state index is 3.71. The molecule has 0 aliphatic carbocycles. The lowest BCUT2D eigenvalue weighted by Gasteiger charge is -2.02. The van der Waals surface area contributed by atoms with Gasteiger partial charge in [0.25, 0.3) is 0 Å². The van der Waals surface area contributed by atoms with Crippen molar-refractivity contribution in [2.24, 2.45) is 4.99 Å². The molecule has 0 spiro atoms. The van der Waals surface area contributed by atoms with E-state index in [1.807, 2.05) is 77.2 Å². The van der Waals surface area contributed by atoms with E-state index in [1.54, 1.807) is 19.3 Å². The Bertz CT molecular complexity index is 390. The van der Waals surface area contributed by atoms with Crippen LogP contribution in [-0.4, -0.2) is 20.3 Å². The first-order valence-corrected chi connectivity index (χ1v) is 7.39. The quantitative estimate of drug-likeness (QED) is 0.545. The van der Waals surface area contributed by atoms with Crippen molar-refractivity contribution in [2.75, 3.05) is 19.4 Å². The average molecular weight is 288 g/mol. The number of rotatable bonds is 4. The Balaban J connectivity index is -0.000000260. The summed E-state index contributed by atoms with van der Waals surface area (Å²) in [6, 6.07) is 8.05. The summed E-state index contributed by atoms with van der Waals surface area (Å²) in [7, 11) is 3.63. The number of hydrogen-bond donors (Lipinski definition) is 1. The summed E-state index contributed by atoms with van der Waals surface area (Å²) in [5.74, 6) is 0. The van der Waals surface area contributed by atoms with Gasteiger partial charge in [-0.05, 0) is 17.7 Å². The fraction of sp³-hybridized carbons (Fsp3) is 0.316. The number of anilines is 1. The van der Waals surface area contributed by atoms with Crippen LogP contribution in [0.25, 0.3) is 6.08 Å². The monoisotopic (exact) mass is 288 g/mol. The van der Waals surface area contributed by atoms with Crippen molar-refractivity contribution in [3.05, 3.63) is 61.2 Å². The fourth-order valence-corrected chi connectivity index (χ4v) is 1.12. The molecule has 1 aromatic carbocycles. The van der Waals surface area contributed by atoms with Gasteiger partial charge in [0.2, 0.25) is 0 Å². The zero-order chi connectivity index (χ0) is 16.9. The molecule has 1 aromatic rings. The van der Waals surface area contributed by atoms with E-state index in [-0.39, 0.29) is 0 Å². The molecule has 0 saturated carbocycles. The van der Waals surface area contributed by atoms with Crippen LogP contribution in [-0.2, 0) is 0 Å². The zero-order valence-electron chi connectivity index (χ0n) is 14.6. The highest BCUT2D eigenvalue weighted by atomic mass is 14.8. The van der Waals surface area contributed by atoms with Gasteiger partial charge in [0.1, 0.15) is 0 Å². The molecule has 2 heteroatoms. The topological polar surface area (TPSA) is 24.4 Å². The van der Waals surface area contributed by atoms with Crippen LogP contribution in [0.15, 0.2) is 60.6 Å². The van der Waals surface area contributed by atoms with Gasteiger partial charge in [-0.15, -0.1) is 0 Å². The predicted molar refractivity (Wildman–Crippen MR) is 103 cm³/mol. The van der Waals surface area contributed by atoms with Gasteiger partial charge in [0.05, 0.1) is 0 Å². The maximum Gasteiger partial charge on any atom is 0.0410 e. The summed E-state index contributed by atoms with van der Waals surface area (Å²) in [5, 5.41) is 3.08. The first-order valence-electron chi connectivity index (χ1n) is 7.39. The van der Waals surface area contributed by atoms with Crippen molar-refractivity contribution in [1.29, 1.82) is 0 Å². The molecule has 0 aliphatic heterocycles. The van der Waals surface area contributed by atoms with E-state index in [0.717, 1.165) is 11.3 Å². The Hall–Kier alpha value is -2.09. The van der Waals surface area contributed by atoms with Crippen molar-refractivity contribution in [1.82, 2.24) is 0 Å². The number of allylic oxidation sites excluding steroid dienone is 3. The molecular formula is C19H32N2. The molecule has 0 bridgehead atoms. The Morgan fingerprint density at radius 2 is 1.57 bits per heavy atom. The molecule has 0 amide bonds. The van der Waals surface area contributed by atoms with E-state index < -0.39 is 0 Å². The minimum absolute atomic E-state index is 1.12. The van der Waals surface area contributed by atoms with Crippen molar-refractivity contribution in [3.8, 4) is 0 Å². The van der Waals surface area contributed by atoms with Crippen molar-refractivity contribution >= 4 is 18.0 Å². The predicted octanol–water partition coefficient (Wildman–Crippen LogP) is 5.85. The van der Waals surface area contributed by atoms with Crippen LogP contribution >= 0.6 is 0 Å². The summed E-state index contributed by atoms with van der Waals surface area (Å²) >= 11 is 0.